The van der Waals surface area contributed by atoms with Crippen molar-refractivity contribution in [3.63, 3.8) is 0 Å². The molecule has 0 aliphatic rings. The summed E-state index contributed by atoms with van der Waals surface area (Å²) < 4.78 is 41.4. The van der Waals surface area contributed by atoms with Crippen LogP contribution in [0.25, 0.3) is 11.4 Å². The molecular weight excluding hydrogens is 283 g/mol. The van der Waals surface area contributed by atoms with Crippen LogP contribution in [0.1, 0.15) is 38.3 Å². The molecule has 0 spiro atoms. The van der Waals surface area contributed by atoms with E-state index in [1.165, 1.54) is 0 Å². The third kappa shape index (κ3) is 3.81. The quantitative estimate of drug-likeness (QED) is 0.932. The highest BCUT2D eigenvalue weighted by Crippen LogP contribution is 2.29. The lowest BCUT2D eigenvalue weighted by Crippen LogP contribution is -2.25. The fraction of sp³-hybridized carbons (Fsp3) is 0.429. The highest BCUT2D eigenvalue weighted by molar-refractivity contribution is 5.54. The van der Waals surface area contributed by atoms with Crippen LogP contribution < -0.4 is 5.32 Å². The Morgan fingerprint density at radius 2 is 1.71 bits per heavy atom. The van der Waals surface area contributed by atoms with Crippen LogP contribution in [0, 0.1) is 0 Å². The van der Waals surface area contributed by atoms with E-state index >= 15 is 0 Å². The van der Waals surface area contributed by atoms with Gasteiger partial charge >= 0.3 is 12.1 Å². The Morgan fingerprint density at radius 3 is 2.19 bits per heavy atom. The molecule has 1 aromatic heterocycles. The van der Waals surface area contributed by atoms with Gasteiger partial charge in [-0.2, -0.15) is 18.2 Å². The van der Waals surface area contributed by atoms with Gasteiger partial charge in [0, 0.05) is 17.6 Å². The van der Waals surface area contributed by atoms with E-state index in [1.54, 1.807) is 12.1 Å². The van der Waals surface area contributed by atoms with E-state index in [2.05, 4.69) is 20.0 Å². The smallest absolute Gasteiger partial charge is 0.329 e. The standard InChI is InChI=1S/C14H16F3N3O/c1-8(2)18-9(3)10-4-6-11(7-5-10)12-19-13(21-20-12)14(15,16)17/h4-9,18H,1-3H3. The number of rotatable bonds is 4. The van der Waals surface area contributed by atoms with Crippen molar-refractivity contribution in [2.75, 3.05) is 0 Å². The van der Waals surface area contributed by atoms with Gasteiger partial charge in [0.25, 0.3) is 0 Å². The van der Waals surface area contributed by atoms with E-state index in [1.807, 2.05) is 32.9 Å². The van der Waals surface area contributed by atoms with Crippen molar-refractivity contribution >= 4 is 0 Å². The first-order valence-electron chi connectivity index (χ1n) is 6.54. The van der Waals surface area contributed by atoms with Crippen LogP contribution in [-0.2, 0) is 6.18 Å². The van der Waals surface area contributed by atoms with E-state index in [0.29, 0.717) is 11.6 Å². The molecule has 0 saturated carbocycles. The second-order valence-electron chi connectivity index (χ2n) is 5.09. The van der Waals surface area contributed by atoms with Crippen molar-refractivity contribution in [3.8, 4) is 11.4 Å². The van der Waals surface area contributed by atoms with Gasteiger partial charge in [-0.05, 0) is 12.5 Å². The Balaban J connectivity index is 2.17. The van der Waals surface area contributed by atoms with Gasteiger partial charge < -0.3 is 9.84 Å². The average Bonchev–Trinajstić information content (AvgIpc) is 2.87. The van der Waals surface area contributed by atoms with Crippen LogP contribution >= 0.6 is 0 Å². The van der Waals surface area contributed by atoms with Crippen molar-refractivity contribution in [2.45, 2.75) is 39.0 Å². The minimum absolute atomic E-state index is 0.0710. The molecule has 4 nitrogen and oxygen atoms in total. The molecule has 1 heterocycles. The molecule has 0 aliphatic heterocycles. The van der Waals surface area contributed by atoms with Crippen molar-refractivity contribution in [1.82, 2.24) is 15.5 Å². The van der Waals surface area contributed by atoms with Gasteiger partial charge in [0.05, 0.1) is 0 Å². The monoisotopic (exact) mass is 299 g/mol. The zero-order valence-electron chi connectivity index (χ0n) is 11.9. The van der Waals surface area contributed by atoms with Crippen LogP contribution in [0.3, 0.4) is 0 Å². The van der Waals surface area contributed by atoms with Gasteiger partial charge in [-0.25, -0.2) is 0 Å². The molecule has 0 amide bonds. The second kappa shape index (κ2) is 5.85. The highest BCUT2D eigenvalue weighted by Gasteiger charge is 2.38. The lowest BCUT2D eigenvalue weighted by atomic mass is 10.1. The summed E-state index contributed by atoms with van der Waals surface area (Å²) in [5, 5.41) is 6.70. The number of hydrogen-bond acceptors (Lipinski definition) is 4. The van der Waals surface area contributed by atoms with Crippen molar-refractivity contribution in [1.29, 1.82) is 0 Å². The number of benzene rings is 1. The Labute approximate surface area is 120 Å². The van der Waals surface area contributed by atoms with Crippen LogP contribution in [-0.4, -0.2) is 16.2 Å². The van der Waals surface area contributed by atoms with Crippen LogP contribution in [0.4, 0.5) is 13.2 Å². The van der Waals surface area contributed by atoms with Gasteiger partial charge in [-0.3, -0.25) is 0 Å². The molecule has 0 saturated heterocycles. The van der Waals surface area contributed by atoms with E-state index in [4.69, 9.17) is 0 Å². The lowest BCUT2D eigenvalue weighted by molar-refractivity contribution is -0.159. The molecule has 0 radical (unpaired) electrons. The normalized spacial score (nSPS) is 13.7. The maximum atomic E-state index is 12.4. The Kier molecular flexibility index (Phi) is 4.32. The number of aromatic nitrogens is 2. The summed E-state index contributed by atoms with van der Waals surface area (Å²) in [6, 6.07) is 7.51. The maximum absolute atomic E-state index is 12.4. The minimum Gasteiger partial charge on any atom is -0.329 e. The first-order chi connectivity index (χ1) is 9.77. The highest BCUT2D eigenvalue weighted by atomic mass is 19.4. The molecule has 1 N–H and O–H groups in total. The van der Waals surface area contributed by atoms with E-state index < -0.39 is 12.1 Å². The predicted octanol–water partition coefficient (Wildman–Crippen LogP) is 3.81. The summed E-state index contributed by atoms with van der Waals surface area (Å²) in [7, 11) is 0. The Morgan fingerprint density at radius 1 is 1.10 bits per heavy atom. The molecule has 1 aromatic carbocycles. The molecule has 1 unspecified atom stereocenters. The zero-order chi connectivity index (χ0) is 15.6. The molecule has 7 heteroatoms. The van der Waals surface area contributed by atoms with Crippen LogP contribution in [0.15, 0.2) is 28.8 Å². The molecule has 2 rings (SSSR count). The second-order valence-corrected chi connectivity index (χ2v) is 5.09. The summed E-state index contributed by atoms with van der Waals surface area (Å²) in [5.41, 5.74) is 1.52. The van der Waals surface area contributed by atoms with E-state index in [0.717, 1.165) is 5.56 Å². The van der Waals surface area contributed by atoms with E-state index in [-0.39, 0.29) is 11.9 Å². The predicted molar refractivity (Wildman–Crippen MR) is 71.4 cm³/mol. The minimum atomic E-state index is -4.62. The van der Waals surface area contributed by atoms with E-state index in [9.17, 15) is 13.2 Å². The molecule has 0 bridgehead atoms. The van der Waals surface area contributed by atoms with Gasteiger partial charge in [-0.1, -0.05) is 43.3 Å². The van der Waals surface area contributed by atoms with Crippen molar-refractivity contribution in [2.24, 2.45) is 0 Å². The molecule has 1 atom stereocenters. The van der Waals surface area contributed by atoms with Gasteiger partial charge in [-0.15, -0.1) is 0 Å². The fourth-order valence-corrected chi connectivity index (χ4v) is 1.97. The Bertz CT molecular complexity index is 590. The van der Waals surface area contributed by atoms with Gasteiger partial charge in [0.2, 0.25) is 5.82 Å². The fourth-order valence-electron chi connectivity index (χ4n) is 1.97. The third-order valence-electron chi connectivity index (χ3n) is 2.92. The zero-order valence-corrected chi connectivity index (χ0v) is 11.9. The summed E-state index contributed by atoms with van der Waals surface area (Å²) >= 11 is 0. The van der Waals surface area contributed by atoms with Crippen LogP contribution in [0.2, 0.25) is 0 Å². The average molecular weight is 299 g/mol. The van der Waals surface area contributed by atoms with Crippen LogP contribution in [0.5, 0.6) is 0 Å². The molecule has 114 valence electrons. The molecule has 2 aromatic rings. The number of halogens is 3. The summed E-state index contributed by atoms with van der Waals surface area (Å²) in [4.78, 5) is 3.36. The molecule has 0 aliphatic carbocycles. The Hall–Kier alpha value is -1.89. The first-order valence-corrected chi connectivity index (χ1v) is 6.54. The topological polar surface area (TPSA) is 51.0 Å². The van der Waals surface area contributed by atoms with Gasteiger partial charge in [0.1, 0.15) is 0 Å². The number of hydrogen-bond donors (Lipinski definition) is 1. The molecule has 0 fully saturated rings. The number of nitrogens with zero attached hydrogens (tertiary/aromatic N) is 2. The maximum Gasteiger partial charge on any atom is 0.471 e. The largest absolute Gasteiger partial charge is 0.471 e. The summed E-state index contributed by atoms with van der Waals surface area (Å²) in [6.45, 7) is 6.11. The summed E-state index contributed by atoms with van der Waals surface area (Å²) in [5.74, 6) is -1.41. The first kappa shape index (κ1) is 15.5. The van der Waals surface area contributed by atoms with Gasteiger partial charge in [0.15, 0.2) is 0 Å². The molecular formula is C14H16F3N3O. The number of alkyl halides is 3. The SMILES string of the molecule is CC(C)NC(C)c1ccc(-c2noc(C(F)(F)F)n2)cc1. The van der Waals surface area contributed by atoms with Crippen molar-refractivity contribution < 1.29 is 17.7 Å². The number of nitrogens with one attached hydrogen (secondary N) is 1. The third-order valence-corrected chi connectivity index (χ3v) is 2.92. The molecule has 21 heavy (non-hydrogen) atoms. The lowest BCUT2D eigenvalue weighted by Gasteiger charge is -2.17. The summed E-state index contributed by atoms with van der Waals surface area (Å²) in [6.07, 6.45) is -4.62. The van der Waals surface area contributed by atoms with Crippen molar-refractivity contribution in [3.05, 3.63) is 35.7 Å².